The van der Waals surface area contributed by atoms with Crippen molar-refractivity contribution in [1.82, 2.24) is 19.3 Å². The molecule has 4 aromatic rings. The van der Waals surface area contributed by atoms with Crippen molar-refractivity contribution in [3.05, 3.63) is 75.0 Å². The van der Waals surface area contributed by atoms with E-state index in [0.717, 1.165) is 29.5 Å². The Morgan fingerprint density at radius 2 is 1.97 bits per heavy atom. The molecule has 1 saturated carbocycles. The van der Waals surface area contributed by atoms with E-state index in [9.17, 15) is 14.9 Å². The van der Waals surface area contributed by atoms with E-state index in [4.69, 9.17) is 4.42 Å². The SMILES string of the molecule is O=c1oc2ccc([N+](=O)[O-])cc2n1CCCSc1nnc(C2CC2)n1-c1ccccc1. The molecule has 0 bridgehead atoms. The average molecular weight is 437 g/mol. The van der Waals surface area contributed by atoms with Gasteiger partial charge in [0.15, 0.2) is 10.7 Å². The maximum absolute atomic E-state index is 12.2. The Labute approximate surface area is 180 Å². The molecule has 0 amide bonds. The fraction of sp³-hybridized carbons (Fsp3) is 0.286. The zero-order chi connectivity index (χ0) is 21.4. The third kappa shape index (κ3) is 3.86. The summed E-state index contributed by atoms with van der Waals surface area (Å²) in [6.45, 7) is 0.398. The lowest BCUT2D eigenvalue weighted by Gasteiger charge is -2.09. The summed E-state index contributed by atoms with van der Waals surface area (Å²) in [7, 11) is 0. The predicted octanol–water partition coefficient (Wildman–Crippen LogP) is 4.14. The monoisotopic (exact) mass is 437 g/mol. The molecule has 0 spiro atoms. The lowest BCUT2D eigenvalue weighted by atomic mass is 10.3. The molecule has 0 saturated heterocycles. The lowest BCUT2D eigenvalue weighted by Crippen LogP contribution is -2.14. The molecule has 158 valence electrons. The number of rotatable bonds is 8. The van der Waals surface area contributed by atoms with Crippen LogP contribution in [0, 0.1) is 10.1 Å². The molecule has 2 aromatic carbocycles. The number of hydrogen-bond acceptors (Lipinski definition) is 7. The van der Waals surface area contributed by atoms with Crippen LogP contribution in [0.2, 0.25) is 0 Å². The van der Waals surface area contributed by atoms with Gasteiger partial charge in [0.05, 0.1) is 10.4 Å². The Morgan fingerprint density at radius 3 is 2.71 bits per heavy atom. The topological polar surface area (TPSA) is 109 Å². The Hall–Kier alpha value is -3.40. The van der Waals surface area contributed by atoms with Crippen molar-refractivity contribution >= 4 is 28.5 Å². The largest absolute Gasteiger partial charge is 0.419 e. The number of nitro groups is 1. The minimum absolute atomic E-state index is 0.0695. The molecule has 1 aliphatic carbocycles. The molecule has 0 N–H and O–H groups in total. The molecule has 0 unspecified atom stereocenters. The van der Waals surface area contributed by atoms with Crippen LogP contribution < -0.4 is 5.76 Å². The fourth-order valence-electron chi connectivity index (χ4n) is 3.56. The Bertz CT molecular complexity index is 1310. The number of benzene rings is 2. The van der Waals surface area contributed by atoms with Crippen LogP contribution in [0.15, 0.2) is 62.9 Å². The quantitative estimate of drug-likeness (QED) is 0.176. The maximum atomic E-state index is 12.2. The first-order valence-electron chi connectivity index (χ1n) is 10.0. The molecule has 0 aliphatic heterocycles. The normalized spacial score (nSPS) is 13.7. The standard InChI is InChI=1S/C21H19N5O4S/c27-21-24(17-13-16(26(28)29)9-10-18(17)30-21)11-4-12-31-20-23-22-19(14-7-8-14)25(20)15-5-2-1-3-6-15/h1-3,5-6,9-10,13-14H,4,7-8,11-12H2. The molecule has 0 atom stereocenters. The van der Waals surface area contributed by atoms with Gasteiger partial charge in [-0.3, -0.25) is 19.2 Å². The van der Waals surface area contributed by atoms with Gasteiger partial charge in [0.2, 0.25) is 0 Å². The van der Waals surface area contributed by atoms with Crippen LogP contribution in [0.5, 0.6) is 0 Å². The summed E-state index contributed by atoms with van der Waals surface area (Å²) in [4.78, 5) is 22.8. The van der Waals surface area contributed by atoms with Crippen molar-refractivity contribution in [3.8, 4) is 5.69 Å². The van der Waals surface area contributed by atoms with E-state index in [1.807, 2.05) is 30.3 Å². The molecule has 5 rings (SSSR count). The molecule has 2 aromatic heterocycles. The van der Waals surface area contributed by atoms with Crippen LogP contribution in [0.1, 0.15) is 31.0 Å². The minimum Gasteiger partial charge on any atom is -0.408 e. The van der Waals surface area contributed by atoms with E-state index in [2.05, 4.69) is 14.8 Å². The number of thioether (sulfide) groups is 1. The fourth-order valence-corrected chi connectivity index (χ4v) is 4.44. The van der Waals surface area contributed by atoms with E-state index < -0.39 is 10.7 Å². The van der Waals surface area contributed by atoms with Crippen LogP contribution >= 0.6 is 11.8 Å². The number of non-ortho nitro benzene ring substituents is 1. The minimum atomic E-state index is -0.510. The summed E-state index contributed by atoms with van der Waals surface area (Å²) in [5.41, 5.74) is 1.76. The van der Waals surface area contributed by atoms with Crippen LogP contribution in [-0.2, 0) is 6.54 Å². The van der Waals surface area contributed by atoms with Gasteiger partial charge in [-0.15, -0.1) is 10.2 Å². The number of oxazole rings is 1. The second-order valence-electron chi connectivity index (χ2n) is 7.42. The van der Waals surface area contributed by atoms with Gasteiger partial charge in [-0.25, -0.2) is 4.79 Å². The number of fused-ring (bicyclic) bond motifs is 1. The smallest absolute Gasteiger partial charge is 0.408 e. The van der Waals surface area contributed by atoms with Crippen molar-refractivity contribution in [1.29, 1.82) is 0 Å². The van der Waals surface area contributed by atoms with Gasteiger partial charge in [-0.2, -0.15) is 0 Å². The molecule has 0 radical (unpaired) electrons. The molecule has 31 heavy (non-hydrogen) atoms. The zero-order valence-electron chi connectivity index (χ0n) is 16.5. The molecule has 1 fully saturated rings. The number of para-hydroxylation sites is 1. The van der Waals surface area contributed by atoms with E-state index in [1.54, 1.807) is 11.8 Å². The van der Waals surface area contributed by atoms with Crippen molar-refractivity contribution in [3.63, 3.8) is 0 Å². The van der Waals surface area contributed by atoms with Gasteiger partial charge in [-0.1, -0.05) is 30.0 Å². The van der Waals surface area contributed by atoms with E-state index in [-0.39, 0.29) is 5.69 Å². The molecule has 1 aliphatic rings. The first-order chi connectivity index (χ1) is 15.1. The van der Waals surface area contributed by atoms with Crippen LogP contribution in [-0.4, -0.2) is 30.0 Å². The number of hydrogen-bond donors (Lipinski definition) is 0. The summed E-state index contributed by atoms with van der Waals surface area (Å²) >= 11 is 1.58. The Balaban J connectivity index is 1.32. The van der Waals surface area contributed by atoms with Crippen molar-refractivity contribution in [2.24, 2.45) is 0 Å². The number of nitrogens with zero attached hydrogens (tertiary/aromatic N) is 5. The average Bonchev–Trinajstić information content (AvgIpc) is 3.46. The highest BCUT2D eigenvalue weighted by Gasteiger charge is 2.31. The van der Waals surface area contributed by atoms with Crippen LogP contribution in [0.4, 0.5) is 5.69 Å². The second-order valence-corrected chi connectivity index (χ2v) is 8.48. The maximum Gasteiger partial charge on any atom is 0.419 e. The Morgan fingerprint density at radius 1 is 1.16 bits per heavy atom. The highest BCUT2D eigenvalue weighted by atomic mass is 32.2. The van der Waals surface area contributed by atoms with Crippen molar-refractivity contribution in [2.75, 3.05) is 5.75 Å². The van der Waals surface area contributed by atoms with E-state index in [1.165, 1.54) is 22.8 Å². The van der Waals surface area contributed by atoms with Crippen LogP contribution in [0.3, 0.4) is 0 Å². The first-order valence-corrected chi connectivity index (χ1v) is 11.0. The highest BCUT2D eigenvalue weighted by Crippen LogP contribution is 2.41. The lowest BCUT2D eigenvalue weighted by molar-refractivity contribution is -0.384. The number of aromatic nitrogens is 4. The predicted molar refractivity (Wildman–Crippen MR) is 116 cm³/mol. The van der Waals surface area contributed by atoms with E-state index in [0.29, 0.717) is 35.7 Å². The summed E-state index contributed by atoms with van der Waals surface area (Å²) in [5.74, 6) is 1.67. The summed E-state index contributed by atoms with van der Waals surface area (Å²) in [5, 5.41) is 20.7. The van der Waals surface area contributed by atoms with E-state index >= 15 is 0 Å². The van der Waals surface area contributed by atoms with Gasteiger partial charge in [0.1, 0.15) is 5.82 Å². The van der Waals surface area contributed by atoms with Gasteiger partial charge in [0, 0.05) is 36.0 Å². The molecule has 2 heterocycles. The van der Waals surface area contributed by atoms with Gasteiger partial charge in [0.25, 0.3) is 5.69 Å². The third-order valence-electron chi connectivity index (χ3n) is 5.23. The summed E-state index contributed by atoms with van der Waals surface area (Å²) in [6.07, 6.45) is 2.94. The highest BCUT2D eigenvalue weighted by molar-refractivity contribution is 7.99. The van der Waals surface area contributed by atoms with Crippen LogP contribution in [0.25, 0.3) is 16.8 Å². The Kier molecular flexibility index (Phi) is 5.06. The zero-order valence-corrected chi connectivity index (χ0v) is 17.3. The second kappa shape index (κ2) is 8.03. The summed E-state index contributed by atoms with van der Waals surface area (Å²) in [6, 6.07) is 14.2. The molecule has 10 heteroatoms. The third-order valence-corrected chi connectivity index (χ3v) is 6.25. The summed E-state index contributed by atoms with van der Waals surface area (Å²) < 4.78 is 8.78. The molecular weight excluding hydrogens is 418 g/mol. The molecular formula is C21H19N5O4S. The molecule has 9 nitrogen and oxygen atoms in total. The van der Waals surface area contributed by atoms with Gasteiger partial charge < -0.3 is 4.42 Å². The van der Waals surface area contributed by atoms with Crippen molar-refractivity contribution < 1.29 is 9.34 Å². The number of nitro benzene ring substituents is 1. The van der Waals surface area contributed by atoms with Gasteiger partial charge >= 0.3 is 5.76 Å². The first kappa shape index (κ1) is 19.6. The number of aryl methyl sites for hydroxylation is 1. The van der Waals surface area contributed by atoms with Crippen molar-refractivity contribution in [2.45, 2.75) is 36.9 Å². The van der Waals surface area contributed by atoms with Gasteiger partial charge in [-0.05, 0) is 37.5 Å².